The average molecular weight is 345 g/mol. The summed E-state index contributed by atoms with van der Waals surface area (Å²) in [5, 5.41) is 12.1. The molecule has 6 nitrogen and oxygen atoms in total. The summed E-state index contributed by atoms with van der Waals surface area (Å²) in [5.74, 6) is 0.633. The minimum absolute atomic E-state index is 0.148. The Hall–Kier alpha value is -3.41. The molecule has 0 aliphatic rings. The van der Waals surface area contributed by atoms with Crippen molar-refractivity contribution in [1.82, 2.24) is 19.7 Å². The highest BCUT2D eigenvalue weighted by atomic mass is 16.1. The monoisotopic (exact) mass is 345 g/mol. The van der Waals surface area contributed by atoms with Crippen LogP contribution in [-0.2, 0) is 0 Å². The van der Waals surface area contributed by atoms with Crippen molar-refractivity contribution in [1.29, 1.82) is 0 Å². The molecule has 26 heavy (non-hydrogen) atoms. The maximum atomic E-state index is 12.7. The number of carbonyl (C=O) groups excluding carboxylic acids is 1. The van der Waals surface area contributed by atoms with Crippen LogP contribution in [0.15, 0.2) is 61.1 Å². The molecule has 130 valence electrons. The van der Waals surface area contributed by atoms with Crippen LogP contribution >= 0.6 is 0 Å². The van der Waals surface area contributed by atoms with Gasteiger partial charge in [-0.05, 0) is 32.0 Å². The average Bonchev–Trinajstić information content (AvgIpc) is 3.29. The molecule has 0 saturated carbocycles. The molecule has 0 unspecified atom stereocenters. The maximum absolute atomic E-state index is 12.7. The summed E-state index contributed by atoms with van der Waals surface area (Å²) < 4.78 is 2.00. The molecular weight excluding hydrogens is 326 g/mol. The van der Waals surface area contributed by atoms with Gasteiger partial charge in [0, 0.05) is 34.4 Å². The minimum Gasteiger partial charge on any atom is -0.360 e. The van der Waals surface area contributed by atoms with Gasteiger partial charge in [0.15, 0.2) is 5.82 Å². The summed E-state index contributed by atoms with van der Waals surface area (Å²) in [7, 11) is 0. The van der Waals surface area contributed by atoms with Gasteiger partial charge in [-0.3, -0.25) is 4.79 Å². The minimum atomic E-state index is -0.148. The smallest absolute Gasteiger partial charge is 0.257 e. The third kappa shape index (κ3) is 2.86. The molecular formula is C20H19N5O. The number of anilines is 1. The van der Waals surface area contributed by atoms with Crippen molar-refractivity contribution in [2.45, 2.75) is 19.9 Å². The zero-order valence-corrected chi connectivity index (χ0v) is 14.6. The fraction of sp³-hybridized carbons (Fsp3) is 0.150. The number of hydrogen-bond acceptors (Lipinski definition) is 3. The highest BCUT2D eigenvalue weighted by molar-refractivity contribution is 6.12. The molecule has 0 spiro atoms. The van der Waals surface area contributed by atoms with E-state index < -0.39 is 0 Å². The van der Waals surface area contributed by atoms with Crippen molar-refractivity contribution in [3.05, 3.63) is 66.6 Å². The molecule has 4 rings (SSSR count). The van der Waals surface area contributed by atoms with Gasteiger partial charge in [0.1, 0.15) is 6.33 Å². The van der Waals surface area contributed by atoms with Crippen LogP contribution < -0.4 is 5.32 Å². The molecule has 6 heteroatoms. The van der Waals surface area contributed by atoms with Crippen molar-refractivity contribution in [3.63, 3.8) is 0 Å². The Balaban J connectivity index is 1.63. The van der Waals surface area contributed by atoms with Crippen molar-refractivity contribution < 1.29 is 4.79 Å². The van der Waals surface area contributed by atoms with E-state index in [1.54, 1.807) is 12.5 Å². The molecule has 1 amide bonds. The Morgan fingerprint density at radius 1 is 1.15 bits per heavy atom. The van der Waals surface area contributed by atoms with E-state index in [0.29, 0.717) is 5.56 Å². The van der Waals surface area contributed by atoms with Crippen LogP contribution in [0.25, 0.3) is 22.3 Å². The second kappa shape index (κ2) is 6.48. The van der Waals surface area contributed by atoms with E-state index in [9.17, 15) is 4.79 Å². The van der Waals surface area contributed by atoms with Crippen LogP contribution in [0, 0.1) is 0 Å². The van der Waals surface area contributed by atoms with Crippen molar-refractivity contribution in [2.75, 3.05) is 5.32 Å². The van der Waals surface area contributed by atoms with Gasteiger partial charge in [-0.1, -0.05) is 30.3 Å². The van der Waals surface area contributed by atoms with Crippen molar-refractivity contribution >= 4 is 22.5 Å². The van der Waals surface area contributed by atoms with Crippen LogP contribution in [-0.4, -0.2) is 25.7 Å². The van der Waals surface area contributed by atoms with E-state index in [2.05, 4.69) is 34.3 Å². The maximum Gasteiger partial charge on any atom is 0.257 e. The van der Waals surface area contributed by atoms with Gasteiger partial charge >= 0.3 is 0 Å². The number of fused-ring (bicyclic) bond motifs is 1. The Bertz CT molecular complexity index is 1080. The standard InChI is InChI=1S/C20H19N5O/c1-13(2)25-12-22-24-19(25)14-6-5-7-15(10-14)23-20(26)17-11-21-18-9-4-3-8-16(17)18/h3-13,21H,1-2H3,(H,23,26). The number of para-hydroxylation sites is 1. The summed E-state index contributed by atoms with van der Waals surface area (Å²) in [6, 6.07) is 15.6. The first-order valence-electron chi connectivity index (χ1n) is 8.51. The number of hydrogen-bond donors (Lipinski definition) is 2. The van der Waals surface area contributed by atoms with Crippen LogP contribution in [0.2, 0.25) is 0 Å². The molecule has 2 aromatic heterocycles. The number of aromatic nitrogens is 4. The highest BCUT2D eigenvalue weighted by Crippen LogP contribution is 2.24. The zero-order chi connectivity index (χ0) is 18.1. The lowest BCUT2D eigenvalue weighted by Crippen LogP contribution is -2.11. The summed E-state index contributed by atoms with van der Waals surface area (Å²) in [4.78, 5) is 15.8. The van der Waals surface area contributed by atoms with Gasteiger partial charge < -0.3 is 14.9 Å². The van der Waals surface area contributed by atoms with Gasteiger partial charge in [-0.25, -0.2) is 0 Å². The lowest BCUT2D eigenvalue weighted by molar-refractivity contribution is 0.102. The molecule has 0 radical (unpaired) electrons. The van der Waals surface area contributed by atoms with Crippen LogP contribution in [0.3, 0.4) is 0 Å². The number of nitrogens with one attached hydrogen (secondary N) is 2. The fourth-order valence-electron chi connectivity index (χ4n) is 3.02. The molecule has 0 aliphatic carbocycles. The summed E-state index contributed by atoms with van der Waals surface area (Å²) in [6.07, 6.45) is 3.45. The normalized spacial score (nSPS) is 11.2. The van der Waals surface area contributed by atoms with Gasteiger partial charge in [-0.15, -0.1) is 10.2 Å². The topological polar surface area (TPSA) is 75.6 Å². The van der Waals surface area contributed by atoms with Gasteiger partial charge in [0.2, 0.25) is 0 Å². The molecule has 2 N–H and O–H groups in total. The molecule has 0 aliphatic heterocycles. The van der Waals surface area contributed by atoms with E-state index in [4.69, 9.17) is 0 Å². The van der Waals surface area contributed by atoms with E-state index in [-0.39, 0.29) is 11.9 Å². The Morgan fingerprint density at radius 2 is 2.00 bits per heavy atom. The lowest BCUT2D eigenvalue weighted by Gasteiger charge is -2.11. The molecule has 2 heterocycles. The fourth-order valence-corrected chi connectivity index (χ4v) is 3.02. The van der Waals surface area contributed by atoms with Gasteiger partial charge in [0.05, 0.1) is 5.56 Å². The first kappa shape index (κ1) is 16.1. The second-order valence-corrected chi connectivity index (χ2v) is 6.44. The first-order chi connectivity index (χ1) is 12.6. The van der Waals surface area contributed by atoms with Crippen molar-refractivity contribution in [2.24, 2.45) is 0 Å². The third-order valence-electron chi connectivity index (χ3n) is 4.34. The number of aromatic amines is 1. The molecule has 4 aromatic rings. The number of carbonyl (C=O) groups is 1. The Morgan fingerprint density at radius 3 is 2.85 bits per heavy atom. The predicted molar refractivity (Wildman–Crippen MR) is 102 cm³/mol. The molecule has 0 fully saturated rings. The SMILES string of the molecule is CC(C)n1cnnc1-c1cccc(NC(=O)c2c[nH]c3ccccc23)c1. The van der Waals surface area contributed by atoms with Crippen LogP contribution in [0.1, 0.15) is 30.2 Å². The number of rotatable bonds is 4. The number of nitrogens with zero attached hydrogens (tertiary/aromatic N) is 3. The third-order valence-corrected chi connectivity index (χ3v) is 4.34. The van der Waals surface area contributed by atoms with Gasteiger partial charge in [-0.2, -0.15) is 0 Å². The number of amides is 1. The largest absolute Gasteiger partial charge is 0.360 e. The number of H-pyrrole nitrogens is 1. The van der Waals surface area contributed by atoms with E-state index in [0.717, 1.165) is 28.0 Å². The first-order valence-corrected chi connectivity index (χ1v) is 8.51. The van der Waals surface area contributed by atoms with Crippen LogP contribution in [0.5, 0.6) is 0 Å². The van der Waals surface area contributed by atoms with E-state index in [1.807, 2.05) is 53.1 Å². The van der Waals surface area contributed by atoms with Gasteiger partial charge in [0.25, 0.3) is 5.91 Å². The predicted octanol–water partition coefficient (Wildman–Crippen LogP) is 4.26. The van der Waals surface area contributed by atoms with E-state index in [1.165, 1.54) is 0 Å². The molecule has 0 bridgehead atoms. The van der Waals surface area contributed by atoms with Crippen LogP contribution in [0.4, 0.5) is 5.69 Å². The lowest BCUT2D eigenvalue weighted by atomic mass is 10.1. The summed E-state index contributed by atoms with van der Waals surface area (Å²) >= 11 is 0. The molecule has 0 atom stereocenters. The quantitative estimate of drug-likeness (QED) is 0.580. The summed E-state index contributed by atoms with van der Waals surface area (Å²) in [5.41, 5.74) is 3.19. The Kier molecular flexibility index (Phi) is 4.01. The summed E-state index contributed by atoms with van der Waals surface area (Å²) in [6.45, 7) is 4.16. The second-order valence-electron chi connectivity index (χ2n) is 6.44. The molecule has 2 aromatic carbocycles. The highest BCUT2D eigenvalue weighted by Gasteiger charge is 2.14. The van der Waals surface area contributed by atoms with Crippen molar-refractivity contribution in [3.8, 4) is 11.4 Å². The zero-order valence-electron chi connectivity index (χ0n) is 14.6. The molecule has 0 saturated heterocycles. The Labute approximate surface area is 150 Å². The van der Waals surface area contributed by atoms with E-state index >= 15 is 0 Å². The number of benzene rings is 2.